The highest BCUT2D eigenvalue weighted by atomic mass is 16.3. The summed E-state index contributed by atoms with van der Waals surface area (Å²) in [5, 5.41) is 20.8. The molecule has 1 aromatic rings. The molecule has 1 aliphatic carbocycles. The van der Waals surface area contributed by atoms with E-state index in [0.717, 1.165) is 25.7 Å². The number of carbonyl (C=O) groups is 1. The van der Waals surface area contributed by atoms with Crippen molar-refractivity contribution in [2.75, 3.05) is 6.54 Å². The molecule has 7 nitrogen and oxygen atoms in total. The van der Waals surface area contributed by atoms with Crippen molar-refractivity contribution in [3.8, 4) is 0 Å². The summed E-state index contributed by atoms with van der Waals surface area (Å²) >= 11 is 0. The van der Waals surface area contributed by atoms with E-state index in [1.807, 2.05) is 0 Å². The third-order valence-electron chi connectivity index (χ3n) is 3.23. The minimum atomic E-state index is -0.647. The Balaban J connectivity index is 1.87. The molecular formula is C11H19N5O2. The van der Waals surface area contributed by atoms with Crippen molar-refractivity contribution >= 4 is 5.91 Å². The second-order valence-corrected chi connectivity index (χ2v) is 4.82. The zero-order chi connectivity index (χ0) is 13.0. The van der Waals surface area contributed by atoms with E-state index in [4.69, 9.17) is 5.73 Å². The Labute approximate surface area is 105 Å². The summed E-state index contributed by atoms with van der Waals surface area (Å²) in [4.78, 5) is 11.0. The number of amides is 1. The Kier molecular flexibility index (Phi) is 3.93. The van der Waals surface area contributed by atoms with Crippen molar-refractivity contribution in [2.24, 2.45) is 5.73 Å². The number of nitrogens with two attached hydrogens (primary N) is 1. The van der Waals surface area contributed by atoms with Crippen LogP contribution in [0.15, 0.2) is 6.20 Å². The lowest BCUT2D eigenvalue weighted by Gasteiger charge is -2.21. The Morgan fingerprint density at radius 2 is 2.28 bits per heavy atom. The lowest BCUT2D eigenvalue weighted by molar-refractivity contribution is -0.119. The van der Waals surface area contributed by atoms with Crippen LogP contribution in [0.5, 0.6) is 0 Å². The molecule has 1 aromatic heterocycles. The maximum Gasteiger partial charge on any atom is 0.234 e. The van der Waals surface area contributed by atoms with Gasteiger partial charge in [-0.3, -0.25) is 4.79 Å². The zero-order valence-corrected chi connectivity index (χ0v) is 10.3. The molecule has 1 aliphatic rings. The monoisotopic (exact) mass is 253 g/mol. The van der Waals surface area contributed by atoms with Crippen molar-refractivity contribution in [2.45, 2.75) is 44.4 Å². The summed E-state index contributed by atoms with van der Waals surface area (Å²) in [6.07, 6.45) is 5.49. The van der Waals surface area contributed by atoms with Gasteiger partial charge >= 0.3 is 0 Å². The van der Waals surface area contributed by atoms with Crippen molar-refractivity contribution in [3.05, 3.63) is 11.9 Å². The van der Waals surface area contributed by atoms with Gasteiger partial charge in [-0.2, -0.15) is 0 Å². The quantitative estimate of drug-likeness (QED) is 0.634. The molecular weight excluding hydrogens is 234 g/mol. The van der Waals surface area contributed by atoms with E-state index >= 15 is 0 Å². The molecule has 2 rings (SSSR count). The van der Waals surface area contributed by atoms with E-state index < -0.39 is 5.60 Å². The maximum absolute atomic E-state index is 11.0. The average Bonchev–Trinajstić information content (AvgIpc) is 2.96. The molecule has 1 heterocycles. The smallest absolute Gasteiger partial charge is 0.234 e. The molecule has 0 bridgehead atoms. The van der Waals surface area contributed by atoms with Crippen LogP contribution in [0.25, 0.3) is 0 Å². The third-order valence-corrected chi connectivity index (χ3v) is 3.23. The summed E-state index contributed by atoms with van der Waals surface area (Å²) < 4.78 is 1.63. The first kappa shape index (κ1) is 13.0. The van der Waals surface area contributed by atoms with Gasteiger partial charge in [0, 0.05) is 0 Å². The Hall–Kier alpha value is -1.47. The van der Waals surface area contributed by atoms with E-state index in [-0.39, 0.29) is 12.5 Å². The first-order chi connectivity index (χ1) is 8.61. The molecule has 7 heteroatoms. The van der Waals surface area contributed by atoms with Gasteiger partial charge in [0.2, 0.25) is 5.91 Å². The summed E-state index contributed by atoms with van der Waals surface area (Å²) in [6, 6.07) is 0. The highest BCUT2D eigenvalue weighted by molar-refractivity contribution is 5.77. The SMILES string of the molecule is NCC(=O)NCc1cn(CC2(O)CCCC2)nn1. The number of hydrogen-bond acceptors (Lipinski definition) is 5. The lowest BCUT2D eigenvalue weighted by atomic mass is 10.0. The normalized spacial score (nSPS) is 17.9. The van der Waals surface area contributed by atoms with Crippen LogP contribution in [0.3, 0.4) is 0 Å². The average molecular weight is 253 g/mol. The molecule has 0 atom stereocenters. The van der Waals surface area contributed by atoms with E-state index in [0.29, 0.717) is 18.8 Å². The summed E-state index contributed by atoms with van der Waals surface area (Å²) in [5.74, 6) is -0.223. The van der Waals surface area contributed by atoms with E-state index in [9.17, 15) is 9.90 Å². The topological polar surface area (TPSA) is 106 Å². The lowest BCUT2D eigenvalue weighted by Crippen LogP contribution is -2.31. The Morgan fingerprint density at radius 1 is 1.56 bits per heavy atom. The number of carbonyl (C=O) groups excluding carboxylic acids is 1. The van der Waals surface area contributed by atoms with Crippen molar-refractivity contribution in [3.63, 3.8) is 0 Å². The Bertz CT molecular complexity index is 411. The van der Waals surface area contributed by atoms with Crippen molar-refractivity contribution in [1.29, 1.82) is 0 Å². The molecule has 1 fully saturated rings. The third kappa shape index (κ3) is 3.27. The summed E-state index contributed by atoms with van der Waals surface area (Å²) in [7, 11) is 0. The molecule has 0 unspecified atom stereocenters. The largest absolute Gasteiger partial charge is 0.388 e. The number of rotatable bonds is 5. The second-order valence-electron chi connectivity index (χ2n) is 4.82. The fourth-order valence-electron chi connectivity index (χ4n) is 2.25. The first-order valence-corrected chi connectivity index (χ1v) is 6.19. The fraction of sp³-hybridized carbons (Fsp3) is 0.727. The molecule has 100 valence electrons. The highest BCUT2D eigenvalue weighted by Gasteiger charge is 2.31. The number of aromatic nitrogens is 3. The zero-order valence-electron chi connectivity index (χ0n) is 10.3. The molecule has 0 spiro atoms. The van der Waals surface area contributed by atoms with Crippen LogP contribution in [0.1, 0.15) is 31.4 Å². The number of nitrogens with zero attached hydrogens (tertiary/aromatic N) is 3. The van der Waals surface area contributed by atoms with Gasteiger partial charge in [0.15, 0.2) is 0 Å². The van der Waals surface area contributed by atoms with Gasteiger partial charge in [0.1, 0.15) is 5.69 Å². The van der Waals surface area contributed by atoms with Crippen LogP contribution in [-0.2, 0) is 17.9 Å². The molecule has 0 aliphatic heterocycles. The molecule has 0 saturated heterocycles. The van der Waals surface area contributed by atoms with Gasteiger partial charge < -0.3 is 16.2 Å². The summed E-state index contributed by atoms with van der Waals surface area (Å²) in [5.41, 5.74) is 5.20. The van der Waals surface area contributed by atoms with Gasteiger partial charge in [0.25, 0.3) is 0 Å². The molecule has 1 amide bonds. The number of aliphatic hydroxyl groups is 1. The molecule has 18 heavy (non-hydrogen) atoms. The van der Waals surface area contributed by atoms with Crippen molar-refractivity contribution in [1.82, 2.24) is 20.3 Å². The van der Waals surface area contributed by atoms with Crippen molar-refractivity contribution < 1.29 is 9.90 Å². The second kappa shape index (κ2) is 5.45. The standard InChI is InChI=1S/C11H19N5O2/c12-5-10(17)13-6-9-7-16(15-14-9)8-11(18)3-1-2-4-11/h7,18H,1-6,8,12H2,(H,13,17). The molecule has 0 aromatic carbocycles. The van der Waals surface area contributed by atoms with Gasteiger partial charge in [-0.15, -0.1) is 5.10 Å². The molecule has 0 radical (unpaired) electrons. The van der Waals surface area contributed by atoms with Gasteiger partial charge in [0.05, 0.1) is 31.4 Å². The fourth-order valence-corrected chi connectivity index (χ4v) is 2.25. The molecule has 4 N–H and O–H groups in total. The number of hydrogen-bond donors (Lipinski definition) is 3. The minimum absolute atomic E-state index is 0.0338. The predicted octanol–water partition coefficient (Wildman–Crippen LogP) is -0.842. The molecule has 1 saturated carbocycles. The van der Waals surface area contributed by atoms with Gasteiger partial charge in [-0.25, -0.2) is 4.68 Å². The van der Waals surface area contributed by atoms with Crippen LogP contribution in [0.2, 0.25) is 0 Å². The van der Waals surface area contributed by atoms with Gasteiger partial charge in [-0.1, -0.05) is 18.1 Å². The van der Waals surface area contributed by atoms with Crippen LogP contribution in [0, 0.1) is 0 Å². The van der Waals surface area contributed by atoms with Crippen LogP contribution in [0.4, 0.5) is 0 Å². The predicted molar refractivity (Wildman–Crippen MR) is 64.3 cm³/mol. The first-order valence-electron chi connectivity index (χ1n) is 6.19. The van der Waals surface area contributed by atoms with Crippen LogP contribution < -0.4 is 11.1 Å². The maximum atomic E-state index is 11.0. The minimum Gasteiger partial charge on any atom is -0.388 e. The number of nitrogens with one attached hydrogen (secondary N) is 1. The van der Waals surface area contributed by atoms with E-state index in [2.05, 4.69) is 15.6 Å². The van der Waals surface area contributed by atoms with Gasteiger partial charge in [-0.05, 0) is 12.8 Å². The Morgan fingerprint density at radius 3 is 2.94 bits per heavy atom. The van der Waals surface area contributed by atoms with E-state index in [1.54, 1.807) is 10.9 Å². The van der Waals surface area contributed by atoms with Crippen LogP contribution >= 0.6 is 0 Å². The van der Waals surface area contributed by atoms with E-state index in [1.165, 1.54) is 0 Å². The van der Waals surface area contributed by atoms with Crippen LogP contribution in [-0.4, -0.2) is 38.2 Å². The highest BCUT2D eigenvalue weighted by Crippen LogP contribution is 2.30. The summed E-state index contributed by atoms with van der Waals surface area (Å²) in [6.45, 7) is 0.743.